The number of benzene rings is 1. The molecule has 0 saturated heterocycles. The summed E-state index contributed by atoms with van der Waals surface area (Å²) in [6.07, 6.45) is 1.43. The molecule has 4 nitrogen and oxygen atoms in total. The van der Waals surface area contributed by atoms with Gasteiger partial charge in [0.05, 0.1) is 0 Å². The third-order valence-corrected chi connectivity index (χ3v) is 2.46. The van der Waals surface area contributed by atoms with E-state index in [1.54, 1.807) is 24.3 Å². The van der Waals surface area contributed by atoms with Crippen LogP contribution in [0.25, 0.3) is 0 Å². The van der Waals surface area contributed by atoms with Crippen LogP contribution in [0.5, 0.6) is 0 Å². The third kappa shape index (κ3) is 5.45. The highest BCUT2D eigenvalue weighted by atomic mass is 35.5. The van der Waals surface area contributed by atoms with E-state index < -0.39 is 5.91 Å². The van der Waals surface area contributed by atoms with Gasteiger partial charge < -0.3 is 10.6 Å². The summed E-state index contributed by atoms with van der Waals surface area (Å²) in [6, 6.07) is 8.63. The second kappa shape index (κ2) is 7.45. The lowest BCUT2D eigenvalue weighted by atomic mass is 10.2. The van der Waals surface area contributed by atoms with E-state index in [1.807, 2.05) is 19.9 Å². The van der Waals surface area contributed by atoms with E-state index >= 15 is 0 Å². The second-order valence-electron chi connectivity index (χ2n) is 4.44. The number of carbonyl (C=O) groups is 1. The Morgan fingerprint density at radius 3 is 2.84 bits per heavy atom. The van der Waals surface area contributed by atoms with Gasteiger partial charge in [0.15, 0.2) is 0 Å². The molecule has 0 fully saturated rings. The van der Waals surface area contributed by atoms with Gasteiger partial charge >= 0.3 is 0 Å². The lowest BCUT2D eigenvalue weighted by molar-refractivity contribution is -0.112. The van der Waals surface area contributed by atoms with Crippen LogP contribution in [-0.2, 0) is 4.79 Å². The Kier molecular flexibility index (Phi) is 5.91. The van der Waals surface area contributed by atoms with Crippen molar-refractivity contribution < 1.29 is 4.79 Å². The Morgan fingerprint density at radius 1 is 1.53 bits per heavy atom. The number of hydrogen-bond acceptors (Lipinski definition) is 3. The minimum Gasteiger partial charge on any atom is -0.389 e. The summed E-state index contributed by atoms with van der Waals surface area (Å²) in [7, 11) is 0. The SMILES string of the molecule is CC(C)CN/C=C(/C#N)C(=O)Nc1cccc(Cl)c1. The van der Waals surface area contributed by atoms with Crippen LogP contribution in [0, 0.1) is 17.2 Å². The zero-order valence-electron chi connectivity index (χ0n) is 10.9. The van der Waals surface area contributed by atoms with Crippen molar-refractivity contribution >= 4 is 23.2 Å². The van der Waals surface area contributed by atoms with Crippen molar-refractivity contribution in [3.8, 4) is 6.07 Å². The molecule has 19 heavy (non-hydrogen) atoms. The normalized spacial score (nSPS) is 11.0. The van der Waals surface area contributed by atoms with E-state index in [-0.39, 0.29) is 5.57 Å². The van der Waals surface area contributed by atoms with Crippen LogP contribution in [0.4, 0.5) is 5.69 Å². The van der Waals surface area contributed by atoms with Gasteiger partial charge in [0.2, 0.25) is 0 Å². The van der Waals surface area contributed by atoms with Gasteiger partial charge in [-0.15, -0.1) is 0 Å². The van der Waals surface area contributed by atoms with E-state index in [1.165, 1.54) is 6.20 Å². The first-order valence-corrected chi connectivity index (χ1v) is 6.31. The zero-order valence-corrected chi connectivity index (χ0v) is 11.7. The summed E-state index contributed by atoms with van der Waals surface area (Å²) in [5, 5.41) is 15.0. The molecule has 0 bridgehead atoms. The molecule has 5 heteroatoms. The van der Waals surface area contributed by atoms with Gasteiger partial charge in [-0.25, -0.2) is 0 Å². The highest BCUT2D eigenvalue weighted by Crippen LogP contribution is 2.15. The number of nitriles is 1. The number of halogens is 1. The molecule has 0 aromatic heterocycles. The molecule has 0 aliphatic heterocycles. The van der Waals surface area contributed by atoms with Crippen molar-refractivity contribution in [3.05, 3.63) is 41.1 Å². The van der Waals surface area contributed by atoms with Crippen molar-refractivity contribution in [2.75, 3.05) is 11.9 Å². The van der Waals surface area contributed by atoms with E-state index in [4.69, 9.17) is 16.9 Å². The monoisotopic (exact) mass is 277 g/mol. The van der Waals surface area contributed by atoms with Crippen molar-refractivity contribution in [1.82, 2.24) is 5.32 Å². The summed E-state index contributed by atoms with van der Waals surface area (Å²) in [4.78, 5) is 11.8. The Balaban J connectivity index is 2.67. The Labute approximate surface area is 118 Å². The zero-order chi connectivity index (χ0) is 14.3. The summed E-state index contributed by atoms with van der Waals surface area (Å²) in [5.74, 6) is -0.0202. The molecule has 1 amide bonds. The molecule has 1 rings (SSSR count). The topological polar surface area (TPSA) is 64.9 Å². The van der Waals surface area contributed by atoms with Crippen LogP contribution >= 0.6 is 11.6 Å². The van der Waals surface area contributed by atoms with Crippen LogP contribution in [0.15, 0.2) is 36.0 Å². The first kappa shape index (κ1) is 15.1. The van der Waals surface area contributed by atoms with Crippen molar-refractivity contribution in [3.63, 3.8) is 0 Å². The van der Waals surface area contributed by atoms with Crippen LogP contribution in [0.3, 0.4) is 0 Å². The average molecular weight is 278 g/mol. The van der Waals surface area contributed by atoms with Gasteiger partial charge in [-0.1, -0.05) is 31.5 Å². The number of carbonyl (C=O) groups excluding carboxylic acids is 1. The standard InChI is InChI=1S/C14H16ClN3O/c1-10(2)8-17-9-11(7-16)14(19)18-13-5-3-4-12(15)6-13/h3-6,9-10,17H,8H2,1-2H3,(H,18,19)/b11-9-. The molecule has 0 spiro atoms. The van der Waals surface area contributed by atoms with E-state index in [0.29, 0.717) is 23.2 Å². The van der Waals surface area contributed by atoms with Gasteiger partial charge in [0.25, 0.3) is 5.91 Å². The van der Waals surface area contributed by atoms with Crippen molar-refractivity contribution in [1.29, 1.82) is 5.26 Å². The number of rotatable bonds is 5. The molecule has 0 unspecified atom stereocenters. The molecule has 0 aliphatic carbocycles. The minimum atomic E-state index is -0.457. The van der Waals surface area contributed by atoms with E-state index in [0.717, 1.165) is 0 Å². The van der Waals surface area contributed by atoms with E-state index in [9.17, 15) is 4.79 Å². The molecule has 2 N–H and O–H groups in total. The summed E-state index contributed by atoms with van der Waals surface area (Å²) >= 11 is 5.82. The number of nitrogens with one attached hydrogen (secondary N) is 2. The highest BCUT2D eigenvalue weighted by molar-refractivity contribution is 6.31. The maximum Gasteiger partial charge on any atom is 0.267 e. The fourth-order valence-electron chi connectivity index (χ4n) is 1.31. The quantitative estimate of drug-likeness (QED) is 0.642. The molecule has 1 aromatic carbocycles. The molecule has 0 saturated carbocycles. The predicted molar refractivity (Wildman–Crippen MR) is 76.6 cm³/mol. The number of hydrogen-bond donors (Lipinski definition) is 2. The first-order valence-electron chi connectivity index (χ1n) is 5.93. The Bertz CT molecular complexity index is 518. The van der Waals surface area contributed by atoms with Crippen LogP contribution in [0.1, 0.15) is 13.8 Å². The highest BCUT2D eigenvalue weighted by Gasteiger charge is 2.09. The van der Waals surface area contributed by atoms with Gasteiger partial charge in [0, 0.05) is 23.5 Å². The molecule has 0 atom stereocenters. The average Bonchev–Trinajstić information content (AvgIpc) is 2.34. The van der Waals surface area contributed by atoms with Gasteiger partial charge in [-0.3, -0.25) is 4.79 Å². The van der Waals surface area contributed by atoms with Crippen molar-refractivity contribution in [2.24, 2.45) is 5.92 Å². The largest absolute Gasteiger partial charge is 0.389 e. The molecule has 0 heterocycles. The smallest absolute Gasteiger partial charge is 0.267 e. The molecular formula is C14H16ClN3O. The number of amides is 1. The van der Waals surface area contributed by atoms with Gasteiger partial charge in [-0.05, 0) is 24.1 Å². The lowest BCUT2D eigenvalue weighted by Gasteiger charge is -2.06. The molecule has 0 aliphatic rings. The van der Waals surface area contributed by atoms with Crippen LogP contribution in [0.2, 0.25) is 5.02 Å². The molecule has 1 aromatic rings. The molecule has 100 valence electrons. The predicted octanol–water partition coefficient (Wildman–Crippen LogP) is 2.93. The summed E-state index contributed by atoms with van der Waals surface area (Å²) in [6.45, 7) is 4.79. The maximum absolute atomic E-state index is 11.8. The maximum atomic E-state index is 11.8. The van der Waals surface area contributed by atoms with Gasteiger partial charge in [0.1, 0.15) is 11.6 Å². The molecular weight excluding hydrogens is 262 g/mol. The fraction of sp³-hybridized carbons (Fsp3) is 0.286. The lowest BCUT2D eigenvalue weighted by Crippen LogP contribution is -2.19. The minimum absolute atomic E-state index is 0.0284. The second-order valence-corrected chi connectivity index (χ2v) is 4.87. The van der Waals surface area contributed by atoms with Crippen LogP contribution in [-0.4, -0.2) is 12.5 Å². The fourth-order valence-corrected chi connectivity index (χ4v) is 1.50. The Hall–Kier alpha value is -1.99. The first-order chi connectivity index (χ1) is 9.02. The van der Waals surface area contributed by atoms with E-state index in [2.05, 4.69) is 10.6 Å². The summed E-state index contributed by atoms with van der Waals surface area (Å²) in [5.41, 5.74) is 0.586. The van der Waals surface area contributed by atoms with Crippen LogP contribution < -0.4 is 10.6 Å². The molecule has 0 radical (unpaired) electrons. The van der Waals surface area contributed by atoms with Crippen molar-refractivity contribution in [2.45, 2.75) is 13.8 Å². The number of anilines is 1. The summed E-state index contributed by atoms with van der Waals surface area (Å²) < 4.78 is 0. The number of nitrogens with zero attached hydrogens (tertiary/aromatic N) is 1. The van der Waals surface area contributed by atoms with Gasteiger partial charge in [-0.2, -0.15) is 5.26 Å². The Morgan fingerprint density at radius 2 is 2.26 bits per heavy atom. The third-order valence-electron chi connectivity index (χ3n) is 2.22.